The van der Waals surface area contributed by atoms with Gasteiger partial charge in [-0.05, 0) is 11.6 Å². The number of hydrogen-bond donors (Lipinski definition) is 1. The highest BCUT2D eigenvalue weighted by molar-refractivity contribution is 6.31. The van der Waals surface area contributed by atoms with Crippen molar-refractivity contribution >= 4 is 17.5 Å². The molecule has 0 atom stereocenters. The minimum atomic E-state index is -0.0505. The Morgan fingerprint density at radius 2 is 2.24 bits per heavy atom. The molecule has 0 fully saturated rings. The van der Waals surface area contributed by atoms with Gasteiger partial charge in [-0.2, -0.15) is 5.10 Å². The smallest absolute Gasteiger partial charge is 0.255 e. The van der Waals surface area contributed by atoms with Gasteiger partial charge in [0.25, 0.3) is 5.91 Å². The lowest BCUT2D eigenvalue weighted by Crippen LogP contribution is -2.14. The molecule has 0 saturated heterocycles. The molecular weight excluding hydrogens is 238 g/mol. The van der Waals surface area contributed by atoms with Gasteiger partial charge in [-0.15, -0.1) is 0 Å². The van der Waals surface area contributed by atoms with Crippen molar-refractivity contribution in [2.45, 2.75) is 13.1 Å². The van der Waals surface area contributed by atoms with Crippen LogP contribution in [0.5, 0.6) is 0 Å². The zero-order valence-electron chi connectivity index (χ0n) is 8.98. The molecule has 86 valence electrons. The first kappa shape index (κ1) is 10.4. The lowest BCUT2D eigenvalue weighted by atomic mass is 10.2. The first-order chi connectivity index (χ1) is 8.25. The van der Waals surface area contributed by atoms with Crippen LogP contribution < -0.4 is 5.32 Å². The van der Waals surface area contributed by atoms with E-state index < -0.39 is 0 Å². The molecule has 1 aromatic carbocycles. The fraction of sp³-hybridized carbons (Fsp3) is 0.167. The van der Waals surface area contributed by atoms with E-state index in [0.717, 1.165) is 11.3 Å². The quantitative estimate of drug-likeness (QED) is 0.880. The maximum Gasteiger partial charge on any atom is 0.255 e. The minimum absolute atomic E-state index is 0.0505. The van der Waals surface area contributed by atoms with Crippen LogP contribution in [0.2, 0.25) is 5.02 Å². The Balaban J connectivity index is 1.95. The van der Waals surface area contributed by atoms with Gasteiger partial charge in [-0.1, -0.05) is 29.8 Å². The van der Waals surface area contributed by atoms with E-state index in [1.54, 1.807) is 6.20 Å². The van der Waals surface area contributed by atoms with Crippen molar-refractivity contribution in [2.75, 3.05) is 0 Å². The molecule has 3 rings (SSSR count). The summed E-state index contributed by atoms with van der Waals surface area (Å²) in [5.74, 6) is -0.0505. The average molecular weight is 248 g/mol. The largest absolute Gasteiger partial charge is 0.346 e. The number of halogens is 1. The number of amides is 1. The number of carbonyl (C=O) groups is 1. The number of rotatable bonds is 2. The van der Waals surface area contributed by atoms with Crippen LogP contribution in [0.4, 0.5) is 0 Å². The Labute approximate surface area is 103 Å². The van der Waals surface area contributed by atoms with E-state index in [0.29, 0.717) is 23.7 Å². The summed E-state index contributed by atoms with van der Waals surface area (Å²) in [6.45, 7) is 1.13. The number of carbonyl (C=O) groups excluding carboxylic acids is 1. The molecule has 5 heteroatoms. The number of nitrogens with zero attached hydrogens (tertiary/aromatic N) is 2. The van der Waals surface area contributed by atoms with Crippen LogP contribution >= 0.6 is 11.6 Å². The lowest BCUT2D eigenvalue weighted by Gasteiger charge is -2.06. The summed E-state index contributed by atoms with van der Waals surface area (Å²) in [4.78, 5) is 11.4. The van der Waals surface area contributed by atoms with Gasteiger partial charge in [-0.3, -0.25) is 9.48 Å². The van der Waals surface area contributed by atoms with Gasteiger partial charge < -0.3 is 5.32 Å². The van der Waals surface area contributed by atoms with Gasteiger partial charge in [0.05, 0.1) is 30.5 Å². The molecule has 1 aliphatic rings. The third-order valence-electron chi connectivity index (χ3n) is 2.89. The highest BCUT2D eigenvalue weighted by Crippen LogP contribution is 2.19. The first-order valence-corrected chi connectivity index (χ1v) is 5.70. The van der Waals surface area contributed by atoms with Crippen molar-refractivity contribution in [1.29, 1.82) is 0 Å². The molecule has 1 N–H and O–H groups in total. The van der Waals surface area contributed by atoms with Crippen molar-refractivity contribution in [2.24, 2.45) is 0 Å². The predicted octanol–water partition coefficient (Wildman–Crippen LogP) is 1.83. The monoisotopic (exact) mass is 247 g/mol. The number of benzene rings is 1. The topological polar surface area (TPSA) is 46.9 Å². The maximum absolute atomic E-state index is 11.4. The molecule has 0 unspecified atom stereocenters. The summed E-state index contributed by atoms with van der Waals surface area (Å²) in [5.41, 5.74) is 2.59. The number of hydrogen-bond acceptors (Lipinski definition) is 2. The average Bonchev–Trinajstić information content (AvgIpc) is 2.87. The summed E-state index contributed by atoms with van der Waals surface area (Å²) in [5, 5.41) is 7.71. The Hall–Kier alpha value is -1.81. The molecule has 1 amide bonds. The van der Waals surface area contributed by atoms with Gasteiger partial charge in [-0.25, -0.2) is 0 Å². The van der Waals surface area contributed by atoms with Crippen LogP contribution in [0.25, 0.3) is 0 Å². The minimum Gasteiger partial charge on any atom is -0.346 e. The van der Waals surface area contributed by atoms with E-state index in [9.17, 15) is 4.79 Å². The summed E-state index contributed by atoms with van der Waals surface area (Å²) in [6, 6.07) is 7.64. The Morgan fingerprint density at radius 3 is 3.06 bits per heavy atom. The van der Waals surface area contributed by atoms with Crippen molar-refractivity contribution in [3.63, 3.8) is 0 Å². The molecule has 0 bridgehead atoms. The van der Waals surface area contributed by atoms with Crippen LogP contribution in [-0.4, -0.2) is 15.7 Å². The summed E-state index contributed by atoms with van der Waals surface area (Å²) in [7, 11) is 0. The zero-order valence-corrected chi connectivity index (χ0v) is 9.74. The third kappa shape index (κ3) is 1.70. The predicted molar refractivity (Wildman–Crippen MR) is 64.0 cm³/mol. The van der Waals surface area contributed by atoms with Crippen LogP contribution in [-0.2, 0) is 13.1 Å². The van der Waals surface area contributed by atoms with E-state index in [4.69, 9.17) is 11.6 Å². The van der Waals surface area contributed by atoms with Crippen LogP contribution in [0.1, 0.15) is 21.6 Å². The fourth-order valence-electron chi connectivity index (χ4n) is 1.97. The molecule has 0 spiro atoms. The van der Waals surface area contributed by atoms with Crippen LogP contribution in [0.3, 0.4) is 0 Å². The molecule has 1 aliphatic heterocycles. The Morgan fingerprint density at radius 1 is 1.41 bits per heavy atom. The second-order valence-electron chi connectivity index (χ2n) is 3.94. The van der Waals surface area contributed by atoms with Gasteiger partial charge in [0, 0.05) is 5.02 Å². The second-order valence-corrected chi connectivity index (χ2v) is 4.34. The molecule has 0 aliphatic carbocycles. The van der Waals surface area contributed by atoms with Gasteiger partial charge in [0.2, 0.25) is 0 Å². The van der Waals surface area contributed by atoms with Crippen molar-refractivity contribution in [1.82, 2.24) is 15.1 Å². The van der Waals surface area contributed by atoms with Crippen LogP contribution in [0.15, 0.2) is 30.5 Å². The Bertz CT molecular complexity index is 591. The second kappa shape index (κ2) is 3.89. The maximum atomic E-state index is 11.4. The summed E-state index contributed by atoms with van der Waals surface area (Å²) < 4.78 is 1.81. The molecule has 1 aromatic heterocycles. The van der Waals surface area contributed by atoms with Crippen LogP contribution in [0, 0.1) is 0 Å². The fourth-order valence-corrected chi connectivity index (χ4v) is 2.17. The number of aromatic nitrogens is 2. The Kier molecular flexibility index (Phi) is 2.37. The normalized spacial score (nSPS) is 13.6. The number of fused-ring (bicyclic) bond motifs is 1. The summed E-state index contributed by atoms with van der Waals surface area (Å²) >= 11 is 6.10. The van der Waals surface area contributed by atoms with Gasteiger partial charge in [0.1, 0.15) is 0 Å². The van der Waals surface area contributed by atoms with E-state index in [1.807, 2.05) is 28.9 Å². The molecule has 0 radical (unpaired) electrons. The van der Waals surface area contributed by atoms with Crippen molar-refractivity contribution in [3.8, 4) is 0 Å². The van der Waals surface area contributed by atoms with E-state index in [2.05, 4.69) is 10.4 Å². The highest BCUT2D eigenvalue weighted by atomic mass is 35.5. The third-order valence-corrected chi connectivity index (χ3v) is 3.26. The van der Waals surface area contributed by atoms with Gasteiger partial charge in [0.15, 0.2) is 0 Å². The van der Waals surface area contributed by atoms with Gasteiger partial charge >= 0.3 is 0 Å². The summed E-state index contributed by atoms with van der Waals surface area (Å²) in [6.07, 6.45) is 1.61. The molecule has 2 heterocycles. The molecule has 17 heavy (non-hydrogen) atoms. The molecule has 4 nitrogen and oxygen atoms in total. The lowest BCUT2D eigenvalue weighted by molar-refractivity contribution is 0.0965. The number of nitrogens with one attached hydrogen (secondary N) is 1. The standard InChI is InChI=1S/C12H10ClN3O/c13-10-4-2-1-3-8(10)7-16-11-6-14-12(17)9(11)5-15-16/h1-5H,6-7H2,(H,14,17). The van der Waals surface area contributed by atoms with Crippen molar-refractivity contribution in [3.05, 3.63) is 52.3 Å². The van der Waals surface area contributed by atoms with E-state index >= 15 is 0 Å². The van der Waals surface area contributed by atoms with E-state index in [1.165, 1.54) is 0 Å². The first-order valence-electron chi connectivity index (χ1n) is 5.32. The molecule has 2 aromatic rings. The zero-order chi connectivity index (χ0) is 11.8. The van der Waals surface area contributed by atoms with Crippen molar-refractivity contribution < 1.29 is 4.79 Å². The highest BCUT2D eigenvalue weighted by Gasteiger charge is 2.23. The molecule has 0 saturated carbocycles. The van der Waals surface area contributed by atoms with E-state index in [-0.39, 0.29) is 5.91 Å². The SMILES string of the molecule is O=C1NCc2c1cnn2Cc1ccccc1Cl. The molecular formula is C12H10ClN3O.